The summed E-state index contributed by atoms with van der Waals surface area (Å²) in [5, 5.41) is 10.1. The standard InChI is InChI=1S/C16H9ClO4/c17-11-6-4-9(5-7-11)14(18)12-3-1-2-10-8-13(16(19)20)21-15(10)12/h1-8H,(H,19,20). The second kappa shape index (κ2) is 5.07. The lowest BCUT2D eigenvalue weighted by molar-refractivity contribution is 0.0664. The Morgan fingerprint density at radius 3 is 2.43 bits per heavy atom. The average Bonchev–Trinajstić information content (AvgIpc) is 2.91. The van der Waals surface area contributed by atoms with E-state index < -0.39 is 5.97 Å². The summed E-state index contributed by atoms with van der Waals surface area (Å²) in [5.41, 5.74) is 1.05. The van der Waals surface area contributed by atoms with Crippen molar-refractivity contribution in [2.24, 2.45) is 0 Å². The van der Waals surface area contributed by atoms with Crippen molar-refractivity contribution < 1.29 is 19.1 Å². The summed E-state index contributed by atoms with van der Waals surface area (Å²) >= 11 is 5.80. The van der Waals surface area contributed by atoms with E-state index in [0.717, 1.165) is 0 Å². The summed E-state index contributed by atoms with van der Waals surface area (Å²) in [5.74, 6) is -1.61. The number of furan rings is 1. The molecular formula is C16H9ClO4. The zero-order chi connectivity index (χ0) is 15.0. The molecule has 0 aliphatic heterocycles. The highest BCUT2D eigenvalue weighted by Crippen LogP contribution is 2.25. The number of rotatable bonds is 3. The minimum absolute atomic E-state index is 0.193. The van der Waals surface area contributed by atoms with Gasteiger partial charge in [0.1, 0.15) is 5.58 Å². The molecule has 5 heteroatoms. The lowest BCUT2D eigenvalue weighted by Crippen LogP contribution is -2.01. The maximum absolute atomic E-state index is 12.5. The van der Waals surface area contributed by atoms with E-state index in [1.165, 1.54) is 6.07 Å². The Hall–Kier alpha value is -2.59. The van der Waals surface area contributed by atoms with Gasteiger partial charge in [-0.15, -0.1) is 0 Å². The molecule has 2 aromatic carbocycles. The molecular weight excluding hydrogens is 292 g/mol. The first kappa shape index (κ1) is 13.4. The number of hydrogen-bond donors (Lipinski definition) is 1. The molecule has 0 bridgehead atoms. The quantitative estimate of drug-likeness (QED) is 0.742. The van der Waals surface area contributed by atoms with Crippen molar-refractivity contribution in [1.82, 2.24) is 0 Å². The number of carboxylic acid groups (broad SMARTS) is 1. The van der Waals surface area contributed by atoms with Crippen LogP contribution < -0.4 is 0 Å². The molecule has 1 aromatic heterocycles. The fraction of sp³-hybridized carbons (Fsp3) is 0. The smallest absolute Gasteiger partial charge is 0.371 e. The highest BCUT2D eigenvalue weighted by molar-refractivity contribution is 6.30. The lowest BCUT2D eigenvalue weighted by atomic mass is 10.0. The van der Waals surface area contributed by atoms with Gasteiger partial charge in [-0.1, -0.05) is 23.7 Å². The number of aromatic carboxylic acids is 1. The number of halogens is 1. The van der Waals surface area contributed by atoms with Crippen molar-refractivity contribution in [3.8, 4) is 0 Å². The maximum Gasteiger partial charge on any atom is 0.371 e. The number of fused-ring (bicyclic) bond motifs is 1. The van der Waals surface area contributed by atoms with E-state index >= 15 is 0 Å². The molecule has 104 valence electrons. The van der Waals surface area contributed by atoms with Gasteiger partial charge in [0.25, 0.3) is 0 Å². The number of hydrogen-bond acceptors (Lipinski definition) is 3. The third-order valence-corrected chi connectivity index (χ3v) is 3.36. The van der Waals surface area contributed by atoms with Crippen LogP contribution >= 0.6 is 11.6 Å². The van der Waals surface area contributed by atoms with Crippen molar-refractivity contribution in [2.75, 3.05) is 0 Å². The Morgan fingerprint density at radius 1 is 1.05 bits per heavy atom. The molecule has 0 spiro atoms. The van der Waals surface area contributed by atoms with Crippen molar-refractivity contribution in [1.29, 1.82) is 0 Å². The van der Waals surface area contributed by atoms with Gasteiger partial charge in [0.15, 0.2) is 5.78 Å². The summed E-state index contributed by atoms with van der Waals surface area (Å²) in [4.78, 5) is 23.5. The normalized spacial score (nSPS) is 10.7. The SMILES string of the molecule is O=C(O)c1cc2cccc(C(=O)c3ccc(Cl)cc3)c2o1. The Labute approximate surface area is 124 Å². The van der Waals surface area contributed by atoms with E-state index in [9.17, 15) is 9.59 Å². The van der Waals surface area contributed by atoms with Crippen molar-refractivity contribution >= 4 is 34.3 Å². The summed E-state index contributed by atoms with van der Waals surface area (Å²) in [6.45, 7) is 0. The average molecular weight is 301 g/mol. The number of para-hydroxylation sites is 1. The molecule has 3 rings (SSSR count). The molecule has 4 nitrogen and oxygen atoms in total. The van der Waals surface area contributed by atoms with Crippen LogP contribution in [0.5, 0.6) is 0 Å². The number of carboxylic acids is 1. The number of carbonyl (C=O) groups excluding carboxylic acids is 1. The number of benzene rings is 2. The highest BCUT2D eigenvalue weighted by Gasteiger charge is 2.18. The molecule has 3 aromatic rings. The minimum atomic E-state index is -1.17. The van der Waals surface area contributed by atoms with E-state index in [-0.39, 0.29) is 17.1 Å². The van der Waals surface area contributed by atoms with Crippen LogP contribution in [0.4, 0.5) is 0 Å². The highest BCUT2D eigenvalue weighted by atomic mass is 35.5. The van der Waals surface area contributed by atoms with Crippen LogP contribution in [-0.4, -0.2) is 16.9 Å². The lowest BCUT2D eigenvalue weighted by Gasteiger charge is -2.02. The Balaban J connectivity index is 2.13. The molecule has 0 saturated heterocycles. The molecule has 0 atom stereocenters. The van der Waals surface area contributed by atoms with Gasteiger partial charge in [-0.2, -0.15) is 0 Å². The minimum Gasteiger partial charge on any atom is -0.475 e. The molecule has 0 unspecified atom stereocenters. The van der Waals surface area contributed by atoms with Crippen molar-refractivity contribution in [2.45, 2.75) is 0 Å². The van der Waals surface area contributed by atoms with E-state index in [1.54, 1.807) is 42.5 Å². The Kier molecular flexibility index (Phi) is 3.23. The molecule has 1 N–H and O–H groups in total. The molecule has 21 heavy (non-hydrogen) atoms. The van der Waals surface area contributed by atoms with Crippen LogP contribution in [0.15, 0.2) is 52.9 Å². The Bertz CT molecular complexity index is 846. The van der Waals surface area contributed by atoms with E-state index in [0.29, 0.717) is 21.5 Å². The number of ketones is 1. The van der Waals surface area contributed by atoms with Gasteiger partial charge in [-0.25, -0.2) is 4.79 Å². The molecule has 0 fully saturated rings. The molecule has 0 radical (unpaired) electrons. The van der Waals surface area contributed by atoms with E-state index in [2.05, 4.69) is 0 Å². The largest absolute Gasteiger partial charge is 0.475 e. The zero-order valence-corrected chi connectivity index (χ0v) is 11.4. The molecule has 0 amide bonds. The van der Waals surface area contributed by atoms with Crippen LogP contribution in [0.2, 0.25) is 5.02 Å². The van der Waals surface area contributed by atoms with Crippen LogP contribution in [0, 0.1) is 0 Å². The van der Waals surface area contributed by atoms with Gasteiger partial charge in [0.05, 0.1) is 5.56 Å². The predicted molar refractivity (Wildman–Crippen MR) is 78.1 cm³/mol. The van der Waals surface area contributed by atoms with Crippen LogP contribution in [0.3, 0.4) is 0 Å². The zero-order valence-electron chi connectivity index (χ0n) is 10.7. The summed E-state index contributed by atoms with van der Waals surface area (Å²) in [6, 6.07) is 12.9. The summed E-state index contributed by atoms with van der Waals surface area (Å²) < 4.78 is 5.28. The van der Waals surface area contributed by atoms with Crippen LogP contribution in [-0.2, 0) is 0 Å². The van der Waals surface area contributed by atoms with Gasteiger partial charge in [-0.3, -0.25) is 4.79 Å². The third-order valence-electron chi connectivity index (χ3n) is 3.11. The Morgan fingerprint density at radius 2 is 1.76 bits per heavy atom. The van der Waals surface area contributed by atoms with Crippen molar-refractivity contribution in [3.05, 3.63) is 70.4 Å². The molecule has 0 saturated carbocycles. The van der Waals surface area contributed by atoms with Crippen molar-refractivity contribution in [3.63, 3.8) is 0 Å². The van der Waals surface area contributed by atoms with Gasteiger partial charge in [0.2, 0.25) is 5.76 Å². The third kappa shape index (κ3) is 2.41. The molecule has 0 aliphatic rings. The van der Waals surface area contributed by atoms with Gasteiger partial charge < -0.3 is 9.52 Å². The van der Waals surface area contributed by atoms with Crippen LogP contribution in [0.25, 0.3) is 11.0 Å². The topological polar surface area (TPSA) is 67.5 Å². The van der Waals surface area contributed by atoms with Gasteiger partial charge in [0, 0.05) is 16.0 Å². The summed E-state index contributed by atoms with van der Waals surface area (Å²) in [7, 11) is 0. The maximum atomic E-state index is 12.5. The monoisotopic (exact) mass is 300 g/mol. The van der Waals surface area contributed by atoms with Crippen LogP contribution in [0.1, 0.15) is 26.5 Å². The van der Waals surface area contributed by atoms with Gasteiger partial charge >= 0.3 is 5.97 Å². The van der Waals surface area contributed by atoms with E-state index in [4.69, 9.17) is 21.1 Å². The number of carbonyl (C=O) groups is 2. The first-order chi connectivity index (χ1) is 10.1. The van der Waals surface area contributed by atoms with E-state index in [1.807, 2.05) is 0 Å². The fourth-order valence-corrected chi connectivity index (χ4v) is 2.23. The molecule has 1 heterocycles. The second-order valence-corrected chi connectivity index (χ2v) is 4.91. The molecule has 0 aliphatic carbocycles. The summed E-state index contributed by atoms with van der Waals surface area (Å²) in [6.07, 6.45) is 0. The van der Waals surface area contributed by atoms with Gasteiger partial charge in [-0.05, 0) is 36.4 Å². The first-order valence-corrected chi connectivity index (χ1v) is 6.50. The fourth-order valence-electron chi connectivity index (χ4n) is 2.10. The first-order valence-electron chi connectivity index (χ1n) is 6.12. The second-order valence-electron chi connectivity index (χ2n) is 4.48. The predicted octanol–water partition coefficient (Wildman–Crippen LogP) is 4.02.